The smallest absolute Gasteiger partial charge is 0.240 e. The van der Waals surface area contributed by atoms with Crippen molar-refractivity contribution in [2.45, 2.75) is 83.3 Å². The van der Waals surface area contributed by atoms with E-state index in [1.807, 2.05) is 18.3 Å². The highest BCUT2D eigenvalue weighted by Gasteiger charge is 2.41. The molecule has 1 aliphatic heterocycles. The largest absolute Gasteiger partial charge is 0.412 e. The highest BCUT2D eigenvalue weighted by atomic mass is 35.5. The van der Waals surface area contributed by atoms with Crippen molar-refractivity contribution < 1.29 is 9.22 Å². The number of nitriles is 1. The second-order valence-corrected chi connectivity index (χ2v) is 18.3. The number of amides is 1. The van der Waals surface area contributed by atoms with Crippen LogP contribution in [-0.4, -0.2) is 49.3 Å². The Hall–Kier alpha value is -1.63. The quantitative estimate of drug-likeness (QED) is 0.302. The summed E-state index contributed by atoms with van der Waals surface area (Å²) >= 11 is 14.1. The van der Waals surface area contributed by atoms with Gasteiger partial charge in [0.15, 0.2) is 13.4 Å². The van der Waals surface area contributed by atoms with Crippen LogP contribution in [0.4, 0.5) is 5.13 Å². The van der Waals surface area contributed by atoms with Gasteiger partial charge in [-0.3, -0.25) is 4.79 Å². The van der Waals surface area contributed by atoms with Gasteiger partial charge in [0.25, 0.3) is 0 Å². The van der Waals surface area contributed by atoms with Crippen LogP contribution in [0.25, 0.3) is 0 Å². The topological polar surface area (TPSA) is 69.5 Å². The predicted molar refractivity (Wildman–Crippen MR) is 154 cm³/mol. The lowest BCUT2D eigenvalue weighted by molar-refractivity contribution is -0.135. The van der Waals surface area contributed by atoms with Crippen LogP contribution in [0.2, 0.25) is 28.2 Å². The van der Waals surface area contributed by atoms with Crippen molar-refractivity contribution in [2.24, 2.45) is 5.92 Å². The molecule has 1 amide bonds. The fourth-order valence-corrected chi connectivity index (χ4v) is 7.10. The highest BCUT2D eigenvalue weighted by Crippen LogP contribution is 2.39. The molecule has 4 rings (SSSR count). The molecule has 0 unspecified atom stereocenters. The zero-order valence-electron chi connectivity index (χ0n) is 22.3. The van der Waals surface area contributed by atoms with Crippen LogP contribution < -0.4 is 4.90 Å². The van der Waals surface area contributed by atoms with Gasteiger partial charge in [0.2, 0.25) is 5.91 Å². The molecule has 37 heavy (non-hydrogen) atoms. The molecule has 2 atom stereocenters. The Morgan fingerprint density at radius 2 is 2.05 bits per heavy atom. The Balaban J connectivity index is 1.39. The summed E-state index contributed by atoms with van der Waals surface area (Å²) in [4.78, 5) is 23.1. The first-order valence-electron chi connectivity index (χ1n) is 12.9. The molecule has 1 saturated carbocycles. The van der Waals surface area contributed by atoms with Crippen molar-refractivity contribution in [3.05, 3.63) is 44.9 Å². The number of rotatable bonds is 9. The van der Waals surface area contributed by atoms with Crippen LogP contribution in [0.5, 0.6) is 0 Å². The van der Waals surface area contributed by atoms with Crippen molar-refractivity contribution in [3.8, 4) is 6.07 Å². The van der Waals surface area contributed by atoms with E-state index >= 15 is 0 Å². The molecule has 1 aromatic carbocycles. The second kappa shape index (κ2) is 11.2. The SMILES string of the molecule is CC(C)(C)[Si](C)(C)O[C@H]1CCN(c2ncc(C[C@H](C#N)C(=O)N(Cc3cccc(Cl)c3Cl)C3CC3)s2)C1. The minimum absolute atomic E-state index is 0.151. The van der Waals surface area contributed by atoms with Gasteiger partial charge >= 0.3 is 0 Å². The van der Waals surface area contributed by atoms with E-state index in [2.05, 4.69) is 49.8 Å². The number of hydrogen-bond donors (Lipinski definition) is 0. The standard InChI is InChI=1S/C27H36Cl2N4O2SSi/c1-27(2,3)37(4,5)35-21-11-12-32(17-21)26-31-15-22(36-26)13-19(14-30)25(34)33(20-9-10-20)16-18-7-6-8-23(28)24(18)29/h6-8,15,19-21H,9-13,16-17H2,1-5H3/t19-,21+/m1/s1. The van der Waals surface area contributed by atoms with Crippen molar-refractivity contribution >= 4 is 53.9 Å². The molecule has 1 aliphatic carbocycles. The summed E-state index contributed by atoms with van der Waals surface area (Å²) in [5, 5.41) is 12.0. The number of hydrogen-bond acceptors (Lipinski definition) is 6. The van der Waals surface area contributed by atoms with Gasteiger partial charge in [0, 0.05) is 43.2 Å². The van der Waals surface area contributed by atoms with E-state index < -0.39 is 14.2 Å². The molecular formula is C27H36Cl2N4O2SSi. The van der Waals surface area contributed by atoms with Crippen LogP contribution in [0.1, 0.15) is 50.5 Å². The first kappa shape index (κ1) is 28.4. The molecule has 0 N–H and O–H groups in total. The van der Waals surface area contributed by atoms with Gasteiger partial charge in [-0.2, -0.15) is 5.26 Å². The first-order chi connectivity index (χ1) is 17.4. The van der Waals surface area contributed by atoms with Gasteiger partial charge in [0.1, 0.15) is 5.92 Å². The van der Waals surface area contributed by atoms with Gasteiger partial charge < -0.3 is 14.2 Å². The fourth-order valence-electron chi connectivity index (χ4n) is 4.35. The summed E-state index contributed by atoms with van der Waals surface area (Å²) in [6.45, 7) is 13.5. The number of nitrogens with zero attached hydrogens (tertiary/aromatic N) is 4. The summed E-state index contributed by atoms with van der Waals surface area (Å²) in [6.07, 6.45) is 5.27. The van der Waals surface area contributed by atoms with Gasteiger partial charge in [-0.25, -0.2) is 4.98 Å². The molecule has 2 aliphatic rings. The van der Waals surface area contributed by atoms with Gasteiger partial charge in [-0.05, 0) is 49.0 Å². The van der Waals surface area contributed by atoms with Crippen LogP contribution in [0, 0.1) is 17.2 Å². The number of halogens is 2. The van der Waals surface area contributed by atoms with Crippen LogP contribution in [0.3, 0.4) is 0 Å². The number of benzene rings is 1. The van der Waals surface area contributed by atoms with Crippen molar-refractivity contribution in [3.63, 3.8) is 0 Å². The first-order valence-corrected chi connectivity index (χ1v) is 17.4. The number of anilines is 1. The average Bonchev–Trinajstić information content (AvgIpc) is 3.38. The Morgan fingerprint density at radius 3 is 2.70 bits per heavy atom. The molecule has 1 saturated heterocycles. The van der Waals surface area contributed by atoms with E-state index in [1.54, 1.807) is 22.3 Å². The molecule has 2 fully saturated rings. The van der Waals surface area contributed by atoms with Crippen LogP contribution in [0.15, 0.2) is 24.4 Å². The Bertz CT molecular complexity index is 1170. The second-order valence-electron chi connectivity index (χ2n) is 11.6. The molecule has 10 heteroatoms. The van der Waals surface area contributed by atoms with Gasteiger partial charge in [0.05, 0.1) is 22.2 Å². The number of aromatic nitrogens is 1. The number of carbonyl (C=O) groups is 1. The molecule has 2 heterocycles. The summed E-state index contributed by atoms with van der Waals surface area (Å²) in [7, 11) is -1.82. The predicted octanol–water partition coefficient (Wildman–Crippen LogP) is 6.92. The summed E-state index contributed by atoms with van der Waals surface area (Å²) in [5.41, 5.74) is 0.801. The Morgan fingerprint density at radius 1 is 1.32 bits per heavy atom. The molecule has 1 aromatic heterocycles. The molecule has 0 spiro atoms. The number of carbonyl (C=O) groups excluding carboxylic acids is 1. The zero-order valence-corrected chi connectivity index (χ0v) is 25.6. The summed E-state index contributed by atoms with van der Waals surface area (Å²) in [5.74, 6) is -0.917. The van der Waals surface area contributed by atoms with E-state index in [1.165, 1.54) is 0 Å². The van der Waals surface area contributed by atoms with Crippen molar-refractivity contribution in [2.75, 3.05) is 18.0 Å². The minimum atomic E-state index is -1.82. The van der Waals surface area contributed by atoms with E-state index in [0.29, 0.717) is 23.0 Å². The fraction of sp³-hybridized carbons (Fsp3) is 0.593. The Kier molecular flexibility index (Phi) is 8.61. The highest BCUT2D eigenvalue weighted by molar-refractivity contribution is 7.15. The van der Waals surface area contributed by atoms with Crippen LogP contribution >= 0.6 is 34.5 Å². The van der Waals surface area contributed by atoms with Crippen molar-refractivity contribution in [1.82, 2.24) is 9.88 Å². The van der Waals surface area contributed by atoms with Crippen molar-refractivity contribution in [1.29, 1.82) is 5.26 Å². The van der Waals surface area contributed by atoms with E-state index in [-0.39, 0.29) is 23.1 Å². The maximum absolute atomic E-state index is 13.5. The third-order valence-electron chi connectivity index (χ3n) is 7.73. The van der Waals surface area contributed by atoms with Gasteiger partial charge in [-0.15, -0.1) is 11.3 Å². The molecule has 0 radical (unpaired) electrons. The van der Waals surface area contributed by atoms with E-state index in [0.717, 1.165) is 47.9 Å². The third kappa shape index (κ3) is 6.69. The lowest BCUT2D eigenvalue weighted by atomic mass is 10.0. The average molecular weight is 580 g/mol. The zero-order chi connectivity index (χ0) is 27.0. The normalized spacial score (nSPS) is 19.1. The summed E-state index contributed by atoms with van der Waals surface area (Å²) < 4.78 is 6.62. The van der Waals surface area contributed by atoms with E-state index in [4.69, 9.17) is 27.6 Å². The van der Waals surface area contributed by atoms with E-state index in [9.17, 15) is 10.1 Å². The lowest BCUT2D eigenvalue weighted by Gasteiger charge is -2.38. The molecule has 200 valence electrons. The third-order valence-corrected chi connectivity index (χ3v) is 14.2. The number of thiazole rings is 1. The monoisotopic (exact) mass is 578 g/mol. The minimum Gasteiger partial charge on any atom is -0.412 e. The maximum atomic E-state index is 13.5. The maximum Gasteiger partial charge on any atom is 0.240 e. The molecular weight excluding hydrogens is 543 g/mol. The molecule has 6 nitrogen and oxygen atoms in total. The van der Waals surface area contributed by atoms with Crippen LogP contribution in [-0.2, 0) is 22.2 Å². The van der Waals surface area contributed by atoms with Gasteiger partial charge in [-0.1, -0.05) is 56.1 Å². The molecule has 2 aromatic rings. The Labute approximate surface area is 235 Å². The summed E-state index contributed by atoms with van der Waals surface area (Å²) in [6, 6.07) is 7.85. The molecule has 0 bridgehead atoms. The lowest BCUT2D eigenvalue weighted by Crippen LogP contribution is -2.44.